The van der Waals surface area contributed by atoms with Crippen molar-refractivity contribution in [3.05, 3.63) is 0 Å². The lowest BCUT2D eigenvalue weighted by atomic mass is 10.4. The van der Waals surface area contributed by atoms with Crippen molar-refractivity contribution in [2.75, 3.05) is 44.3 Å². The molecule has 0 bridgehead atoms. The van der Waals surface area contributed by atoms with Gasteiger partial charge in [-0.1, -0.05) is 13.8 Å². The van der Waals surface area contributed by atoms with Crippen LogP contribution in [-0.4, -0.2) is 47.7 Å². The minimum atomic E-state index is 0.0930. The number of likely N-dealkylation sites (N-methyl/N-ethyl adjacent to an activating group) is 1. The van der Waals surface area contributed by atoms with Crippen LogP contribution in [0.5, 0.6) is 11.8 Å². The lowest BCUT2D eigenvalue weighted by Crippen LogP contribution is -2.28. The molecule has 0 unspecified atom stereocenters. The second kappa shape index (κ2) is 7.63. The van der Waals surface area contributed by atoms with E-state index in [0.29, 0.717) is 13.2 Å². The van der Waals surface area contributed by atoms with Gasteiger partial charge in [-0.3, -0.25) is 0 Å². The maximum atomic E-state index is 5.88. The first-order valence-electron chi connectivity index (χ1n) is 6.53. The normalized spacial score (nSPS) is 10.7. The average Bonchev–Trinajstić information content (AvgIpc) is 2.40. The van der Waals surface area contributed by atoms with E-state index in [-0.39, 0.29) is 23.4 Å². The molecule has 0 saturated heterocycles. The Balaban J connectivity index is 2.67. The zero-order chi connectivity index (χ0) is 14.3. The lowest BCUT2D eigenvalue weighted by molar-refractivity contribution is 0.217. The SMILES string of the molecule is CCOc1nc(N)nc(OCCN(CC)CC)c1N. The summed E-state index contributed by atoms with van der Waals surface area (Å²) < 4.78 is 10.8. The molecule has 1 aromatic rings. The number of nitrogens with two attached hydrogens (primary N) is 2. The minimum Gasteiger partial charge on any atom is -0.476 e. The van der Waals surface area contributed by atoms with Crippen molar-refractivity contribution in [1.82, 2.24) is 14.9 Å². The summed E-state index contributed by atoms with van der Waals surface area (Å²) in [5, 5.41) is 0. The molecule has 0 saturated carbocycles. The van der Waals surface area contributed by atoms with Crippen LogP contribution in [0.4, 0.5) is 11.6 Å². The topological polar surface area (TPSA) is 99.5 Å². The summed E-state index contributed by atoms with van der Waals surface area (Å²) in [6.07, 6.45) is 0. The molecule has 0 fully saturated rings. The Bertz CT molecular complexity index is 396. The van der Waals surface area contributed by atoms with Gasteiger partial charge in [0.05, 0.1) is 6.61 Å². The smallest absolute Gasteiger partial charge is 0.246 e. The van der Waals surface area contributed by atoms with Gasteiger partial charge in [0.1, 0.15) is 6.61 Å². The standard InChI is InChI=1S/C12H23N5O2/c1-4-17(5-2)7-8-19-11-9(13)10(18-6-3)15-12(14)16-11/h4-8,13H2,1-3H3,(H2,14,15,16). The number of hydrogen-bond acceptors (Lipinski definition) is 7. The van der Waals surface area contributed by atoms with Gasteiger partial charge < -0.3 is 25.8 Å². The maximum absolute atomic E-state index is 5.88. The van der Waals surface area contributed by atoms with Crippen molar-refractivity contribution >= 4 is 11.6 Å². The molecule has 4 N–H and O–H groups in total. The summed E-state index contributed by atoms with van der Waals surface area (Å²) in [5.41, 5.74) is 11.8. The number of nitrogens with zero attached hydrogens (tertiary/aromatic N) is 3. The first-order chi connectivity index (χ1) is 9.12. The molecule has 108 valence electrons. The molecule has 0 aliphatic heterocycles. The summed E-state index contributed by atoms with van der Waals surface area (Å²) >= 11 is 0. The van der Waals surface area contributed by atoms with Crippen LogP contribution >= 0.6 is 0 Å². The molecular weight excluding hydrogens is 246 g/mol. The number of nitrogen functional groups attached to an aromatic ring is 2. The highest BCUT2D eigenvalue weighted by molar-refractivity contribution is 5.58. The van der Waals surface area contributed by atoms with Crippen LogP contribution in [0.1, 0.15) is 20.8 Å². The zero-order valence-electron chi connectivity index (χ0n) is 11.8. The quantitative estimate of drug-likeness (QED) is 0.718. The van der Waals surface area contributed by atoms with Crippen LogP contribution in [0.2, 0.25) is 0 Å². The molecule has 7 heteroatoms. The number of rotatable bonds is 8. The molecule has 1 rings (SSSR count). The van der Waals surface area contributed by atoms with E-state index in [1.54, 1.807) is 0 Å². The van der Waals surface area contributed by atoms with Gasteiger partial charge >= 0.3 is 0 Å². The van der Waals surface area contributed by atoms with Crippen LogP contribution in [0.25, 0.3) is 0 Å². The van der Waals surface area contributed by atoms with Crippen LogP contribution in [-0.2, 0) is 0 Å². The minimum absolute atomic E-state index is 0.0930. The van der Waals surface area contributed by atoms with Gasteiger partial charge in [0.15, 0.2) is 5.69 Å². The highest BCUT2D eigenvalue weighted by Gasteiger charge is 2.13. The number of aromatic nitrogens is 2. The van der Waals surface area contributed by atoms with E-state index in [9.17, 15) is 0 Å². The number of ether oxygens (including phenoxy) is 2. The van der Waals surface area contributed by atoms with Gasteiger partial charge in [0, 0.05) is 6.54 Å². The Morgan fingerprint density at radius 1 is 1.00 bits per heavy atom. The Kier molecular flexibility index (Phi) is 6.14. The van der Waals surface area contributed by atoms with Gasteiger partial charge in [-0.05, 0) is 20.0 Å². The monoisotopic (exact) mass is 269 g/mol. The fraction of sp³-hybridized carbons (Fsp3) is 0.667. The fourth-order valence-corrected chi connectivity index (χ4v) is 1.61. The van der Waals surface area contributed by atoms with Gasteiger partial charge in [-0.2, -0.15) is 9.97 Å². The average molecular weight is 269 g/mol. The Morgan fingerprint density at radius 3 is 2.11 bits per heavy atom. The number of anilines is 2. The fourth-order valence-electron chi connectivity index (χ4n) is 1.61. The molecule has 0 radical (unpaired) electrons. The molecule has 7 nitrogen and oxygen atoms in total. The Hall–Kier alpha value is -1.76. The van der Waals surface area contributed by atoms with E-state index in [0.717, 1.165) is 19.6 Å². The third-order valence-electron chi connectivity index (χ3n) is 2.71. The highest BCUT2D eigenvalue weighted by atomic mass is 16.5. The maximum Gasteiger partial charge on any atom is 0.246 e. The zero-order valence-corrected chi connectivity index (χ0v) is 11.8. The van der Waals surface area contributed by atoms with Crippen LogP contribution in [0.3, 0.4) is 0 Å². The molecule has 19 heavy (non-hydrogen) atoms. The molecule has 0 atom stereocenters. The molecule has 0 amide bonds. The van der Waals surface area contributed by atoms with E-state index in [2.05, 4.69) is 28.7 Å². The number of hydrogen-bond donors (Lipinski definition) is 2. The van der Waals surface area contributed by atoms with Gasteiger partial charge in [-0.25, -0.2) is 0 Å². The van der Waals surface area contributed by atoms with Crippen molar-refractivity contribution in [2.45, 2.75) is 20.8 Å². The Morgan fingerprint density at radius 2 is 1.58 bits per heavy atom. The second-order valence-electron chi connectivity index (χ2n) is 3.91. The van der Waals surface area contributed by atoms with Crippen LogP contribution in [0.15, 0.2) is 0 Å². The summed E-state index contributed by atoms with van der Waals surface area (Å²) in [6.45, 7) is 9.77. The van der Waals surface area contributed by atoms with Crippen molar-refractivity contribution in [3.63, 3.8) is 0 Å². The first kappa shape index (κ1) is 15.3. The predicted octanol–water partition coefficient (Wildman–Crippen LogP) is 0.760. The third kappa shape index (κ3) is 4.44. The van der Waals surface area contributed by atoms with Crippen molar-refractivity contribution in [3.8, 4) is 11.8 Å². The van der Waals surface area contributed by atoms with Crippen molar-refractivity contribution in [2.24, 2.45) is 0 Å². The summed E-state index contributed by atoms with van der Waals surface area (Å²) in [6, 6.07) is 0. The van der Waals surface area contributed by atoms with Crippen molar-refractivity contribution in [1.29, 1.82) is 0 Å². The molecule has 1 aromatic heterocycles. The van der Waals surface area contributed by atoms with Crippen LogP contribution < -0.4 is 20.9 Å². The Labute approximate surface area is 113 Å². The van der Waals surface area contributed by atoms with Crippen LogP contribution in [0, 0.1) is 0 Å². The van der Waals surface area contributed by atoms with E-state index in [1.165, 1.54) is 0 Å². The largest absolute Gasteiger partial charge is 0.476 e. The molecule has 0 spiro atoms. The summed E-state index contributed by atoms with van der Waals surface area (Å²) in [5.74, 6) is 0.645. The molecule has 1 heterocycles. The van der Waals surface area contributed by atoms with E-state index in [1.807, 2.05) is 6.92 Å². The summed E-state index contributed by atoms with van der Waals surface area (Å²) in [7, 11) is 0. The van der Waals surface area contributed by atoms with Gasteiger partial charge in [0.25, 0.3) is 0 Å². The first-order valence-corrected chi connectivity index (χ1v) is 6.53. The molecule has 0 aliphatic rings. The second-order valence-corrected chi connectivity index (χ2v) is 3.91. The van der Waals surface area contributed by atoms with E-state index >= 15 is 0 Å². The van der Waals surface area contributed by atoms with Crippen molar-refractivity contribution < 1.29 is 9.47 Å². The van der Waals surface area contributed by atoms with E-state index in [4.69, 9.17) is 20.9 Å². The van der Waals surface area contributed by atoms with E-state index < -0.39 is 0 Å². The highest BCUT2D eigenvalue weighted by Crippen LogP contribution is 2.28. The molecule has 0 aromatic carbocycles. The van der Waals surface area contributed by atoms with Gasteiger partial charge in [0.2, 0.25) is 17.7 Å². The molecule has 0 aliphatic carbocycles. The molecular formula is C12H23N5O2. The summed E-state index contributed by atoms with van der Waals surface area (Å²) in [4.78, 5) is 10.2. The lowest BCUT2D eigenvalue weighted by Gasteiger charge is -2.18. The van der Waals surface area contributed by atoms with Gasteiger partial charge in [-0.15, -0.1) is 0 Å². The predicted molar refractivity (Wildman–Crippen MR) is 75.3 cm³/mol. The third-order valence-corrected chi connectivity index (χ3v) is 2.71.